The maximum absolute atomic E-state index is 13.3. The molecule has 10 heteroatoms. The van der Waals surface area contributed by atoms with E-state index in [1.54, 1.807) is 36.4 Å². The number of carbonyl (C=O) groups is 1. The van der Waals surface area contributed by atoms with Gasteiger partial charge < -0.3 is 4.74 Å². The molecule has 190 valence electrons. The molecule has 0 bridgehead atoms. The van der Waals surface area contributed by atoms with Gasteiger partial charge in [0.1, 0.15) is 17.0 Å². The molecular weight excluding hydrogens is 495 g/mol. The molecule has 0 fully saturated rings. The molecule has 1 aromatic heterocycles. The summed E-state index contributed by atoms with van der Waals surface area (Å²) >= 11 is 6.35. The molecule has 0 unspecified atom stereocenters. The first-order valence-electron chi connectivity index (χ1n) is 11.1. The van der Waals surface area contributed by atoms with Crippen molar-refractivity contribution in [3.63, 3.8) is 0 Å². The highest BCUT2D eigenvalue weighted by Crippen LogP contribution is 2.40. The second-order valence-corrected chi connectivity index (χ2v) is 9.15. The van der Waals surface area contributed by atoms with E-state index in [0.717, 1.165) is 20.3 Å². The topological polar surface area (TPSA) is 84.9 Å². The van der Waals surface area contributed by atoms with Crippen LogP contribution in [0.3, 0.4) is 0 Å². The molecule has 0 aliphatic rings. The van der Waals surface area contributed by atoms with Gasteiger partial charge in [0.05, 0.1) is 11.6 Å². The van der Waals surface area contributed by atoms with Crippen LogP contribution in [-0.4, -0.2) is 33.5 Å². The number of carbonyl (C=O) groups excluding carboxylic acids is 1. The van der Waals surface area contributed by atoms with Crippen LogP contribution >= 0.6 is 11.6 Å². The van der Waals surface area contributed by atoms with E-state index >= 15 is 0 Å². The lowest BCUT2D eigenvalue weighted by Gasteiger charge is -2.27. The molecule has 0 amide bonds. The summed E-state index contributed by atoms with van der Waals surface area (Å²) in [5, 5.41) is 0.245. The number of benzene rings is 2. The maximum Gasteiger partial charge on any atom is 0.401 e. The Kier molecular flexibility index (Phi) is 8.03. The molecule has 0 saturated heterocycles. The van der Waals surface area contributed by atoms with Gasteiger partial charge in [0, 0.05) is 17.5 Å². The molecule has 1 heterocycles. The summed E-state index contributed by atoms with van der Waals surface area (Å²) in [4.78, 5) is 35.6. The van der Waals surface area contributed by atoms with Gasteiger partial charge in [0.25, 0.3) is 0 Å². The molecule has 0 radical (unpaired) electrons. The van der Waals surface area contributed by atoms with Gasteiger partial charge in [-0.15, -0.1) is 0 Å². The molecule has 3 aromatic rings. The van der Waals surface area contributed by atoms with Gasteiger partial charge in [-0.05, 0) is 67.8 Å². The molecular formula is C26H25ClF3N3O3. The Morgan fingerprint density at radius 2 is 1.78 bits per heavy atom. The normalized spacial score (nSPS) is 11.9. The Hall–Kier alpha value is -3.46. The number of allylic oxidation sites excluding steroid dienone is 1. The first-order chi connectivity index (χ1) is 16.8. The fourth-order valence-corrected chi connectivity index (χ4v) is 3.53. The fourth-order valence-electron chi connectivity index (χ4n) is 3.32. The highest BCUT2D eigenvalue weighted by atomic mass is 35.5. The minimum atomic E-state index is -4.71. The molecule has 36 heavy (non-hydrogen) atoms. The monoisotopic (exact) mass is 519 g/mol. The predicted octanol–water partition coefficient (Wildman–Crippen LogP) is 6.20. The third-order valence-electron chi connectivity index (χ3n) is 5.54. The zero-order valence-corrected chi connectivity index (χ0v) is 20.8. The van der Waals surface area contributed by atoms with Gasteiger partial charge in [0.2, 0.25) is 0 Å². The van der Waals surface area contributed by atoms with Gasteiger partial charge in [-0.1, -0.05) is 31.2 Å². The number of nitrogens with one attached hydrogen (secondary N) is 1. The lowest BCUT2D eigenvalue weighted by molar-refractivity contribution is -0.208. The maximum atomic E-state index is 13.3. The van der Waals surface area contributed by atoms with Gasteiger partial charge in [-0.25, -0.2) is 9.78 Å². The van der Waals surface area contributed by atoms with Gasteiger partial charge in [-0.3, -0.25) is 9.78 Å². The summed E-state index contributed by atoms with van der Waals surface area (Å²) in [6, 6.07) is 11.6. The number of aromatic amines is 1. The lowest BCUT2D eigenvalue weighted by Crippen LogP contribution is -2.40. The Labute approximate surface area is 211 Å². The number of rotatable bonds is 9. The van der Waals surface area contributed by atoms with Crippen LogP contribution in [0.15, 0.2) is 59.4 Å². The van der Waals surface area contributed by atoms with Crippen molar-refractivity contribution in [1.29, 1.82) is 0 Å². The minimum Gasteiger partial charge on any atom is -0.494 e. The number of ether oxygens (including phenoxy) is 1. The zero-order valence-electron chi connectivity index (χ0n) is 20.0. The summed E-state index contributed by atoms with van der Waals surface area (Å²) in [7, 11) is 0. The van der Waals surface area contributed by atoms with Crippen molar-refractivity contribution in [3.05, 3.63) is 75.7 Å². The van der Waals surface area contributed by atoms with Crippen molar-refractivity contribution in [3.8, 4) is 28.5 Å². The molecule has 0 saturated carbocycles. The Morgan fingerprint density at radius 1 is 1.11 bits per heavy atom. The molecule has 0 aliphatic heterocycles. The standard InChI is InChI=1S/C26H25ClF3N3O3/c1-5-12-36-18-9-7-17(8-10-18)22-31-23(33-24(35)32-22)19-14-16(6-11-20(19)27)13-15(2)21(34)25(3,4)26(28,29)30/h6-11,14H,2,5,12-13H2,1,3-4H3,(H,31,32,33,35). The van der Waals surface area contributed by atoms with Crippen molar-refractivity contribution in [2.24, 2.45) is 5.41 Å². The summed E-state index contributed by atoms with van der Waals surface area (Å²) in [6.07, 6.45) is -3.98. The second kappa shape index (κ2) is 10.7. The minimum absolute atomic E-state index is 0.121. The first kappa shape index (κ1) is 27.1. The number of aromatic nitrogens is 3. The van der Waals surface area contributed by atoms with Crippen molar-refractivity contribution in [1.82, 2.24) is 15.0 Å². The van der Waals surface area contributed by atoms with Crippen molar-refractivity contribution >= 4 is 17.4 Å². The SMILES string of the molecule is C=C(Cc1ccc(Cl)c(-c2nc(-c3ccc(OCCC)cc3)nc(=O)[nH]2)c1)C(=O)C(C)(C)C(F)(F)F. The fraction of sp³-hybridized carbons (Fsp3) is 0.308. The van der Waals surface area contributed by atoms with Gasteiger partial charge >= 0.3 is 11.9 Å². The molecule has 0 aliphatic carbocycles. The Bertz CT molecular complexity index is 1330. The number of ketones is 1. The molecule has 0 atom stereocenters. The smallest absolute Gasteiger partial charge is 0.401 e. The number of halogens is 4. The van der Waals surface area contributed by atoms with Crippen LogP contribution < -0.4 is 10.4 Å². The summed E-state index contributed by atoms with van der Waals surface area (Å²) in [6.45, 7) is 7.79. The third kappa shape index (κ3) is 6.02. The van der Waals surface area contributed by atoms with Crippen molar-refractivity contribution < 1.29 is 22.7 Å². The van der Waals surface area contributed by atoms with Gasteiger partial charge in [-0.2, -0.15) is 18.2 Å². The van der Waals surface area contributed by atoms with Gasteiger partial charge in [0.15, 0.2) is 11.6 Å². The van der Waals surface area contributed by atoms with Crippen LogP contribution in [0.25, 0.3) is 22.8 Å². The van der Waals surface area contributed by atoms with E-state index in [-0.39, 0.29) is 28.7 Å². The Balaban J connectivity index is 1.91. The zero-order chi connectivity index (χ0) is 26.7. The second-order valence-electron chi connectivity index (χ2n) is 8.75. The summed E-state index contributed by atoms with van der Waals surface area (Å²) in [5.41, 5.74) is -2.05. The van der Waals surface area contributed by atoms with Crippen LogP contribution in [0.4, 0.5) is 13.2 Å². The average molecular weight is 520 g/mol. The molecule has 6 nitrogen and oxygen atoms in total. The highest BCUT2D eigenvalue weighted by molar-refractivity contribution is 6.33. The quantitative estimate of drug-likeness (QED) is 0.340. The van der Waals surface area contributed by atoms with Crippen molar-refractivity contribution in [2.75, 3.05) is 6.61 Å². The van der Waals surface area contributed by atoms with E-state index in [4.69, 9.17) is 16.3 Å². The van der Waals surface area contributed by atoms with Crippen LogP contribution in [0.1, 0.15) is 32.8 Å². The molecule has 3 rings (SSSR count). The van der Waals surface area contributed by atoms with Crippen molar-refractivity contribution in [2.45, 2.75) is 39.8 Å². The van der Waals surface area contributed by atoms with E-state index in [1.165, 1.54) is 6.07 Å². The first-order valence-corrected chi connectivity index (χ1v) is 11.5. The van der Waals surface area contributed by atoms with Crippen LogP contribution in [0, 0.1) is 5.41 Å². The highest BCUT2D eigenvalue weighted by Gasteiger charge is 2.52. The summed E-state index contributed by atoms with van der Waals surface area (Å²) < 4.78 is 45.4. The van der Waals surface area contributed by atoms with E-state index in [1.807, 2.05) is 6.92 Å². The van der Waals surface area contributed by atoms with E-state index in [2.05, 4.69) is 21.5 Å². The van der Waals surface area contributed by atoms with Crippen LogP contribution in [0.5, 0.6) is 5.75 Å². The molecule has 2 aromatic carbocycles. The number of hydrogen-bond acceptors (Lipinski definition) is 5. The average Bonchev–Trinajstić information content (AvgIpc) is 2.82. The number of hydrogen-bond donors (Lipinski definition) is 1. The van der Waals surface area contributed by atoms with Crippen LogP contribution in [-0.2, 0) is 11.2 Å². The largest absolute Gasteiger partial charge is 0.494 e. The Morgan fingerprint density at radius 3 is 2.39 bits per heavy atom. The number of H-pyrrole nitrogens is 1. The summed E-state index contributed by atoms with van der Waals surface area (Å²) in [5.74, 6) is -0.153. The number of Topliss-reactive ketones (excluding diaryl/α,β-unsaturated/α-hetero) is 1. The molecule has 0 spiro atoms. The number of alkyl halides is 3. The molecule has 1 N–H and O–H groups in total. The van der Waals surface area contributed by atoms with E-state index in [0.29, 0.717) is 29.0 Å². The van der Waals surface area contributed by atoms with E-state index < -0.39 is 23.1 Å². The van der Waals surface area contributed by atoms with Crippen LogP contribution in [0.2, 0.25) is 5.02 Å². The third-order valence-corrected chi connectivity index (χ3v) is 5.87. The van der Waals surface area contributed by atoms with E-state index in [9.17, 15) is 22.8 Å². The lowest BCUT2D eigenvalue weighted by atomic mass is 9.82. The predicted molar refractivity (Wildman–Crippen MR) is 132 cm³/mol. The number of nitrogens with zero attached hydrogens (tertiary/aromatic N) is 2.